The Bertz CT molecular complexity index is 745. The Labute approximate surface area is 158 Å². The first-order valence-corrected chi connectivity index (χ1v) is 9.48. The second kappa shape index (κ2) is 9.87. The average molecular weight is 372 g/mol. The number of carbonyl (C=O) groups is 2. The Balaban J connectivity index is 1.88. The van der Waals surface area contributed by atoms with Crippen molar-refractivity contribution in [2.75, 3.05) is 12.3 Å². The molecule has 26 heavy (non-hydrogen) atoms. The van der Waals surface area contributed by atoms with Crippen LogP contribution >= 0.6 is 11.8 Å². The van der Waals surface area contributed by atoms with Crippen LogP contribution in [0.15, 0.2) is 53.4 Å². The summed E-state index contributed by atoms with van der Waals surface area (Å²) in [4.78, 5) is 24.1. The Morgan fingerprint density at radius 3 is 2.46 bits per heavy atom. The van der Waals surface area contributed by atoms with Gasteiger partial charge in [-0.1, -0.05) is 24.3 Å². The van der Waals surface area contributed by atoms with E-state index in [9.17, 15) is 9.59 Å². The van der Waals surface area contributed by atoms with Crippen molar-refractivity contribution in [3.05, 3.63) is 59.7 Å². The van der Waals surface area contributed by atoms with Crippen LogP contribution in [0.1, 0.15) is 29.8 Å². The number of carbonyl (C=O) groups excluding carboxylic acids is 2. The van der Waals surface area contributed by atoms with Gasteiger partial charge in [0, 0.05) is 11.4 Å². The maximum absolute atomic E-state index is 12.4. The van der Waals surface area contributed by atoms with Gasteiger partial charge in [0.1, 0.15) is 5.75 Å². The SMILES string of the molecule is CC(C)Oc1ccc(CCNC(=O)c2ccccc2SCC(N)=O)cc1. The van der Waals surface area contributed by atoms with E-state index >= 15 is 0 Å². The lowest BCUT2D eigenvalue weighted by Gasteiger charge is -2.11. The van der Waals surface area contributed by atoms with E-state index in [2.05, 4.69) is 5.32 Å². The molecule has 0 bridgehead atoms. The number of ether oxygens (including phenoxy) is 1. The van der Waals surface area contributed by atoms with Crippen LogP contribution in [0.5, 0.6) is 5.75 Å². The molecule has 0 aliphatic carbocycles. The number of rotatable bonds is 9. The fraction of sp³-hybridized carbons (Fsp3) is 0.300. The highest BCUT2D eigenvalue weighted by Gasteiger charge is 2.11. The molecule has 0 spiro atoms. The monoisotopic (exact) mass is 372 g/mol. The maximum atomic E-state index is 12.4. The molecule has 0 unspecified atom stereocenters. The molecule has 138 valence electrons. The van der Waals surface area contributed by atoms with Crippen molar-refractivity contribution < 1.29 is 14.3 Å². The minimum Gasteiger partial charge on any atom is -0.491 e. The number of hydrogen-bond donors (Lipinski definition) is 2. The van der Waals surface area contributed by atoms with Gasteiger partial charge in [0.05, 0.1) is 17.4 Å². The molecule has 6 heteroatoms. The summed E-state index contributed by atoms with van der Waals surface area (Å²) in [6.07, 6.45) is 0.872. The number of hydrogen-bond acceptors (Lipinski definition) is 4. The molecule has 0 saturated heterocycles. The fourth-order valence-electron chi connectivity index (χ4n) is 2.35. The zero-order chi connectivity index (χ0) is 18.9. The minimum absolute atomic E-state index is 0.146. The van der Waals surface area contributed by atoms with E-state index in [1.165, 1.54) is 11.8 Å². The van der Waals surface area contributed by atoms with Crippen LogP contribution in [0.25, 0.3) is 0 Å². The molecule has 0 aromatic heterocycles. The lowest BCUT2D eigenvalue weighted by Crippen LogP contribution is -2.26. The topological polar surface area (TPSA) is 81.4 Å². The van der Waals surface area contributed by atoms with Gasteiger partial charge in [-0.2, -0.15) is 0 Å². The van der Waals surface area contributed by atoms with Crippen LogP contribution in [-0.4, -0.2) is 30.2 Å². The maximum Gasteiger partial charge on any atom is 0.252 e. The number of primary amides is 1. The summed E-state index contributed by atoms with van der Waals surface area (Å²) >= 11 is 1.27. The van der Waals surface area contributed by atoms with Crippen molar-refractivity contribution >= 4 is 23.6 Å². The lowest BCUT2D eigenvalue weighted by atomic mass is 10.1. The Hall–Kier alpha value is -2.47. The van der Waals surface area contributed by atoms with E-state index in [1.807, 2.05) is 50.2 Å². The molecule has 0 saturated carbocycles. The summed E-state index contributed by atoms with van der Waals surface area (Å²) < 4.78 is 5.62. The predicted octanol–water partition coefficient (Wildman–Crippen LogP) is 3.02. The number of nitrogens with two attached hydrogens (primary N) is 1. The number of thioether (sulfide) groups is 1. The summed E-state index contributed by atoms with van der Waals surface area (Å²) in [5.74, 6) is 0.426. The molecule has 0 aliphatic heterocycles. The van der Waals surface area contributed by atoms with Gasteiger partial charge in [0.15, 0.2) is 0 Å². The molecular weight excluding hydrogens is 348 g/mol. The van der Waals surface area contributed by atoms with Gasteiger partial charge in [0.25, 0.3) is 5.91 Å². The van der Waals surface area contributed by atoms with Gasteiger partial charge in [-0.05, 0) is 50.1 Å². The highest BCUT2D eigenvalue weighted by molar-refractivity contribution is 8.00. The van der Waals surface area contributed by atoms with Crippen molar-refractivity contribution in [1.29, 1.82) is 0 Å². The summed E-state index contributed by atoms with van der Waals surface area (Å²) in [5.41, 5.74) is 6.86. The van der Waals surface area contributed by atoms with E-state index in [1.54, 1.807) is 12.1 Å². The van der Waals surface area contributed by atoms with Crippen LogP contribution in [0.4, 0.5) is 0 Å². The third-order valence-corrected chi connectivity index (χ3v) is 4.59. The highest BCUT2D eigenvalue weighted by atomic mass is 32.2. The predicted molar refractivity (Wildman–Crippen MR) is 105 cm³/mol. The van der Waals surface area contributed by atoms with Gasteiger partial charge in [-0.15, -0.1) is 11.8 Å². The van der Waals surface area contributed by atoms with E-state index in [-0.39, 0.29) is 17.8 Å². The summed E-state index contributed by atoms with van der Waals surface area (Å²) in [6, 6.07) is 15.1. The van der Waals surface area contributed by atoms with Crippen molar-refractivity contribution in [3.8, 4) is 5.75 Å². The molecule has 0 radical (unpaired) electrons. The Morgan fingerprint density at radius 1 is 1.12 bits per heavy atom. The lowest BCUT2D eigenvalue weighted by molar-refractivity contribution is -0.115. The molecule has 0 aliphatic rings. The first-order valence-electron chi connectivity index (χ1n) is 8.49. The highest BCUT2D eigenvalue weighted by Crippen LogP contribution is 2.22. The normalized spacial score (nSPS) is 10.6. The van der Waals surface area contributed by atoms with Crippen molar-refractivity contribution in [1.82, 2.24) is 5.32 Å². The summed E-state index contributed by atoms with van der Waals surface area (Å²) in [5, 5.41) is 2.92. The third-order valence-electron chi connectivity index (χ3n) is 3.50. The van der Waals surface area contributed by atoms with Crippen molar-refractivity contribution in [2.45, 2.75) is 31.3 Å². The second-order valence-corrected chi connectivity index (χ2v) is 7.08. The van der Waals surface area contributed by atoms with Crippen LogP contribution in [0.2, 0.25) is 0 Å². The second-order valence-electron chi connectivity index (χ2n) is 6.07. The van der Waals surface area contributed by atoms with Gasteiger partial charge in [0.2, 0.25) is 5.91 Å². The van der Waals surface area contributed by atoms with E-state index in [0.29, 0.717) is 12.1 Å². The molecule has 2 aromatic carbocycles. The van der Waals surface area contributed by atoms with Gasteiger partial charge < -0.3 is 15.8 Å². The molecule has 0 atom stereocenters. The zero-order valence-corrected chi connectivity index (χ0v) is 15.8. The van der Waals surface area contributed by atoms with Crippen LogP contribution in [0, 0.1) is 0 Å². The quantitative estimate of drug-likeness (QED) is 0.663. The van der Waals surface area contributed by atoms with E-state index in [4.69, 9.17) is 10.5 Å². The molecule has 0 heterocycles. The molecular formula is C20H24N2O3S. The summed E-state index contributed by atoms with van der Waals surface area (Å²) in [7, 11) is 0. The van der Waals surface area contributed by atoms with Gasteiger partial charge in [-0.3, -0.25) is 9.59 Å². The molecule has 2 rings (SSSR count). The smallest absolute Gasteiger partial charge is 0.252 e. The van der Waals surface area contributed by atoms with Gasteiger partial charge in [-0.25, -0.2) is 0 Å². The Morgan fingerprint density at radius 2 is 1.81 bits per heavy atom. The van der Waals surface area contributed by atoms with E-state index in [0.717, 1.165) is 22.6 Å². The first-order chi connectivity index (χ1) is 12.5. The minimum atomic E-state index is -0.407. The first kappa shape index (κ1) is 19.8. The zero-order valence-electron chi connectivity index (χ0n) is 15.0. The standard InChI is InChI=1S/C20H24N2O3S/c1-14(2)25-16-9-7-15(8-10-16)11-12-22-20(24)17-5-3-4-6-18(17)26-13-19(21)23/h3-10,14H,11-13H2,1-2H3,(H2,21,23)(H,22,24). The van der Waals surface area contributed by atoms with E-state index < -0.39 is 5.91 Å². The summed E-state index contributed by atoms with van der Waals surface area (Å²) in [6.45, 7) is 4.50. The molecule has 2 amide bonds. The molecule has 2 aromatic rings. The van der Waals surface area contributed by atoms with Crippen LogP contribution in [-0.2, 0) is 11.2 Å². The van der Waals surface area contributed by atoms with Crippen LogP contribution in [0.3, 0.4) is 0 Å². The van der Waals surface area contributed by atoms with Crippen LogP contribution < -0.4 is 15.8 Å². The molecule has 3 N–H and O–H groups in total. The average Bonchev–Trinajstić information content (AvgIpc) is 2.61. The van der Waals surface area contributed by atoms with Gasteiger partial charge >= 0.3 is 0 Å². The molecule has 0 fully saturated rings. The largest absolute Gasteiger partial charge is 0.491 e. The number of benzene rings is 2. The fourth-order valence-corrected chi connectivity index (χ4v) is 3.14. The third kappa shape index (κ3) is 6.44. The molecule has 5 nitrogen and oxygen atoms in total. The van der Waals surface area contributed by atoms with Crippen molar-refractivity contribution in [2.24, 2.45) is 5.73 Å². The number of amides is 2. The number of nitrogens with one attached hydrogen (secondary N) is 1. The van der Waals surface area contributed by atoms with Crippen molar-refractivity contribution in [3.63, 3.8) is 0 Å². The Kier molecular flexibility index (Phi) is 7.53.